The zero-order valence-electron chi connectivity index (χ0n) is 42.4. The topological polar surface area (TPSA) is 25.6 Å². The lowest BCUT2D eigenvalue weighted by Crippen LogP contribution is -2.33. The minimum absolute atomic E-state index is 0.0611. The van der Waals surface area contributed by atoms with Gasteiger partial charge in [-0.2, -0.15) is 0 Å². The van der Waals surface area contributed by atoms with Gasteiger partial charge in [0.15, 0.2) is 0 Å². The number of hydrogen-bond acceptors (Lipinski definition) is 4. The van der Waals surface area contributed by atoms with E-state index in [2.05, 4.69) is 259 Å². The van der Waals surface area contributed by atoms with Gasteiger partial charge in [0.05, 0.1) is 21.9 Å². The summed E-state index contributed by atoms with van der Waals surface area (Å²) in [6.45, 7) is 14.0. The minimum atomic E-state index is -0.639. The molecule has 3 heterocycles. The second-order valence-electron chi connectivity index (χ2n) is 22.8. The molecule has 4 aliphatic rings. The van der Waals surface area contributed by atoms with Gasteiger partial charge in [0.2, 0.25) is 0 Å². The zero-order chi connectivity index (χ0) is 49.9. The average Bonchev–Trinajstić information content (AvgIpc) is 4.05. The second-order valence-corrected chi connectivity index (χ2v) is 23.8. The lowest BCUT2D eigenvalue weighted by atomic mass is 9.65. The van der Waals surface area contributed by atoms with Crippen LogP contribution >= 0.6 is 11.8 Å². The number of ether oxygens (including phenoxy) is 1. The molecule has 1 aromatic heterocycles. The van der Waals surface area contributed by atoms with E-state index in [1.165, 1.54) is 76.6 Å². The zero-order valence-corrected chi connectivity index (χ0v) is 43.2. The van der Waals surface area contributed by atoms with Crippen molar-refractivity contribution in [3.05, 3.63) is 268 Å². The molecule has 11 aromatic rings. The van der Waals surface area contributed by atoms with Crippen LogP contribution in [-0.2, 0) is 21.7 Å². The quantitative estimate of drug-likeness (QED) is 0.176. The third-order valence-electron chi connectivity index (χ3n) is 16.7. The molecule has 0 atom stereocenters. The van der Waals surface area contributed by atoms with Crippen molar-refractivity contribution in [1.82, 2.24) is 0 Å². The van der Waals surface area contributed by atoms with E-state index in [0.29, 0.717) is 0 Å². The maximum Gasteiger partial charge on any atom is 0.137 e. The van der Waals surface area contributed by atoms with Crippen molar-refractivity contribution >= 4 is 50.8 Å². The monoisotopic (exact) mass is 971 g/mol. The Kier molecular flexibility index (Phi) is 8.97. The molecule has 2 spiro atoms. The van der Waals surface area contributed by atoms with Crippen LogP contribution in [0.15, 0.2) is 227 Å². The lowest BCUT2D eigenvalue weighted by molar-refractivity contribution is 0.436. The van der Waals surface area contributed by atoms with Crippen LogP contribution in [0, 0.1) is 0 Å². The van der Waals surface area contributed by atoms with E-state index in [4.69, 9.17) is 9.15 Å². The molecule has 0 bridgehead atoms. The molecule has 0 saturated carbocycles. The SMILES string of the molecule is CC(C)(C)c1ccc2c(c1)C1(c3cc(C(C)(C)C)ccc3S2)c2ccccc2-c2ccc(N(c3ccc4c(c3)C3(c5ccccc5O4)c4ccccc4-c4ccccc43)c3cccc4oc5ccccc5c34)cc21. The third-order valence-corrected chi connectivity index (χ3v) is 17.9. The third kappa shape index (κ3) is 5.80. The fourth-order valence-corrected chi connectivity index (χ4v) is 14.5. The molecule has 0 saturated heterocycles. The predicted octanol–water partition coefficient (Wildman–Crippen LogP) is 18.9. The van der Waals surface area contributed by atoms with E-state index < -0.39 is 10.8 Å². The first kappa shape index (κ1) is 43.5. The van der Waals surface area contributed by atoms with E-state index in [9.17, 15) is 0 Å². The molecule has 0 fully saturated rings. The first-order valence-corrected chi connectivity index (χ1v) is 26.8. The van der Waals surface area contributed by atoms with Gasteiger partial charge in [0.25, 0.3) is 0 Å². The van der Waals surface area contributed by atoms with Crippen LogP contribution < -0.4 is 9.64 Å². The molecular formula is C70H53NO2S. The average molecular weight is 972 g/mol. The number of rotatable bonds is 3. The second kappa shape index (κ2) is 15.3. The molecule has 15 rings (SSSR count). The Morgan fingerprint density at radius 3 is 1.49 bits per heavy atom. The molecule has 2 aliphatic heterocycles. The first-order valence-electron chi connectivity index (χ1n) is 26.0. The summed E-state index contributed by atoms with van der Waals surface area (Å²) in [5.41, 5.74) is 21.3. The Labute approximate surface area is 437 Å². The van der Waals surface area contributed by atoms with E-state index in [1.807, 2.05) is 11.8 Å². The van der Waals surface area contributed by atoms with E-state index >= 15 is 0 Å². The van der Waals surface area contributed by atoms with Gasteiger partial charge >= 0.3 is 0 Å². The van der Waals surface area contributed by atoms with E-state index in [0.717, 1.165) is 61.6 Å². The smallest absolute Gasteiger partial charge is 0.137 e. The molecule has 0 N–H and O–H groups in total. The Balaban J connectivity index is 1.05. The summed E-state index contributed by atoms with van der Waals surface area (Å²) in [5.74, 6) is 1.73. The van der Waals surface area contributed by atoms with Crippen LogP contribution in [0.1, 0.15) is 97.2 Å². The van der Waals surface area contributed by atoms with Gasteiger partial charge in [-0.05, 0) is 144 Å². The summed E-state index contributed by atoms with van der Waals surface area (Å²) < 4.78 is 13.7. The molecule has 4 heteroatoms. The highest BCUT2D eigenvalue weighted by Gasteiger charge is 2.53. The van der Waals surface area contributed by atoms with Gasteiger partial charge in [-0.15, -0.1) is 0 Å². The molecular weight excluding hydrogens is 919 g/mol. The van der Waals surface area contributed by atoms with Gasteiger partial charge in [0.1, 0.15) is 22.7 Å². The normalized spacial score (nSPS) is 14.9. The maximum absolute atomic E-state index is 7.03. The Morgan fingerprint density at radius 1 is 0.378 bits per heavy atom. The summed E-state index contributed by atoms with van der Waals surface area (Å²) in [4.78, 5) is 5.09. The first-order chi connectivity index (χ1) is 35.9. The van der Waals surface area contributed by atoms with Crippen molar-refractivity contribution in [3.63, 3.8) is 0 Å². The van der Waals surface area contributed by atoms with Crippen LogP contribution in [0.4, 0.5) is 17.1 Å². The van der Waals surface area contributed by atoms with Gasteiger partial charge in [-0.1, -0.05) is 199 Å². The van der Waals surface area contributed by atoms with Crippen molar-refractivity contribution in [1.29, 1.82) is 0 Å². The molecule has 0 radical (unpaired) electrons. The highest BCUT2D eigenvalue weighted by Crippen LogP contribution is 2.65. The molecule has 3 nitrogen and oxygen atoms in total. The van der Waals surface area contributed by atoms with Crippen LogP contribution in [0.25, 0.3) is 44.2 Å². The molecule has 0 unspecified atom stereocenters. The van der Waals surface area contributed by atoms with E-state index in [1.54, 1.807) is 0 Å². The van der Waals surface area contributed by atoms with Crippen LogP contribution in [0.3, 0.4) is 0 Å². The highest BCUT2D eigenvalue weighted by atomic mass is 32.2. The highest BCUT2D eigenvalue weighted by molar-refractivity contribution is 7.99. The van der Waals surface area contributed by atoms with Crippen molar-refractivity contribution in [3.8, 4) is 33.8 Å². The van der Waals surface area contributed by atoms with Crippen molar-refractivity contribution in [2.24, 2.45) is 0 Å². The van der Waals surface area contributed by atoms with Crippen LogP contribution in [0.2, 0.25) is 0 Å². The van der Waals surface area contributed by atoms with Crippen molar-refractivity contribution in [2.75, 3.05) is 4.90 Å². The van der Waals surface area contributed by atoms with Gasteiger partial charge < -0.3 is 14.1 Å². The summed E-state index contributed by atoms with van der Waals surface area (Å²) >= 11 is 1.91. The molecule has 356 valence electrons. The standard InChI is InChI=1S/C70H53NO2S/c1-67(2,3)42-30-36-64-57(38-42)70(58-39-43(68(4,5)6)31-37-65(58)74-64)53-24-13-9-20-48(53)49-34-32-44(40-55(49)70)71(59-26-17-29-63-66(59)50-21-10-15-27-60(50)72-63)45-33-35-62-56(41-45)69(54-25-14-16-28-61(54)73-62)51-22-11-7-18-46(51)47-19-8-12-23-52(47)69/h7-41H,1-6H3. The Bertz CT molecular complexity index is 4090. The summed E-state index contributed by atoms with van der Waals surface area (Å²) in [7, 11) is 0. The fourth-order valence-electron chi connectivity index (χ4n) is 13.4. The summed E-state index contributed by atoms with van der Waals surface area (Å²) in [6.07, 6.45) is 0. The summed E-state index contributed by atoms with van der Waals surface area (Å²) in [5, 5.41) is 2.15. The predicted molar refractivity (Wildman–Crippen MR) is 305 cm³/mol. The Morgan fingerprint density at radius 2 is 0.865 bits per heavy atom. The molecule has 0 amide bonds. The van der Waals surface area contributed by atoms with Crippen LogP contribution in [-0.4, -0.2) is 0 Å². The Hall–Kier alpha value is -8.05. The molecule has 10 aromatic carbocycles. The van der Waals surface area contributed by atoms with E-state index in [-0.39, 0.29) is 10.8 Å². The van der Waals surface area contributed by atoms with Gasteiger partial charge in [-0.25, -0.2) is 0 Å². The maximum atomic E-state index is 7.03. The fraction of sp³-hybridized carbons (Fsp3) is 0.143. The summed E-state index contributed by atoms with van der Waals surface area (Å²) in [6, 6.07) is 79.6. The molecule has 2 aliphatic carbocycles. The van der Waals surface area contributed by atoms with Crippen LogP contribution in [0.5, 0.6) is 11.5 Å². The number of hydrogen-bond donors (Lipinski definition) is 0. The minimum Gasteiger partial charge on any atom is -0.457 e. The number of para-hydroxylation sites is 2. The molecule has 74 heavy (non-hydrogen) atoms. The number of anilines is 3. The largest absolute Gasteiger partial charge is 0.457 e. The number of furan rings is 1. The number of fused-ring (bicyclic) bond motifs is 21. The lowest BCUT2D eigenvalue weighted by Gasteiger charge is -2.42. The van der Waals surface area contributed by atoms with Crippen molar-refractivity contribution < 1.29 is 9.15 Å². The van der Waals surface area contributed by atoms with Gasteiger partial charge in [-0.3, -0.25) is 0 Å². The number of nitrogens with zero attached hydrogens (tertiary/aromatic N) is 1. The number of benzene rings is 10. The van der Waals surface area contributed by atoms with Gasteiger partial charge in [0, 0.05) is 37.7 Å². The van der Waals surface area contributed by atoms with Crippen molar-refractivity contribution in [2.45, 2.75) is 73.0 Å².